The zero-order valence-electron chi connectivity index (χ0n) is 11.8. The van der Waals surface area contributed by atoms with E-state index in [4.69, 9.17) is 5.73 Å². The van der Waals surface area contributed by atoms with Gasteiger partial charge >= 0.3 is 0 Å². The van der Waals surface area contributed by atoms with Crippen molar-refractivity contribution >= 4 is 16.7 Å². The van der Waals surface area contributed by atoms with Crippen LogP contribution >= 0.6 is 0 Å². The number of benzene rings is 2. The summed E-state index contributed by atoms with van der Waals surface area (Å²) in [7, 11) is 0. The Balaban J connectivity index is 1.97. The molecule has 2 N–H and O–H groups in total. The number of carbonyl (C=O) groups is 1. The van der Waals surface area contributed by atoms with Gasteiger partial charge in [0.1, 0.15) is 0 Å². The number of carbonyl (C=O) groups excluding carboxylic acids is 1. The van der Waals surface area contributed by atoms with Crippen LogP contribution in [0.3, 0.4) is 0 Å². The lowest BCUT2D eigenvalue weighted by Crippen LogP contribution is -2.29. The standard InChI is InChI=1S/C17H20N2O/c1-12(19-11-13(10-18)9-17(19)20)15-8-4-6-14-5-2-3-7-16(14)15/h2-8,12-13H,9-11,18H2,1H3/t12-,13?/m1/s1. The van der Waals surface area contributed by atoms with E-state index in [2.05, 4.69) is 37.3 Å². The first kappa shape index (κ1) is 13.1. The topological polar surface area (TPSA) is 46.3 Å². The summed E-state index contributed by atoms with van der Waals surface area (Å²) in [5.41, 5.74) is 6.93. The van der Waals surface area contributed by atoms with Crippen LogP contribution in [0.4, 0.5) is 0 Å². The molecule has 1 unspecified atom stereocenters. The van der Waals surface area contributed by atoms with Crippen molar-refractivity contribution in [2.75, 3.05) is 13.1 Å². The molecule has 1 amide bonds. The summed E-state index contributed by atoms with van der Waals surface area (Å²) in [4.78, 5) is 14.1. The highest BCUT2D eigenvalue weighted by molar-refractivity contribution is 5.87. The van der Waals surface area contributed by atoms with Crippen molar-refractivity contribution in [1.29, 1.82) is 0 Å². The number of nitrogens with zero attached hydrogens (tertiary/aromatic N) is 1. The molecule has 3 rings (SSSR count). The Bertz CT molecular complexity index is 632. The van der Waals surface area contributed by atoms with Gasteiger partial charge in [-0.1, -0.05) is 42.5 Å². The molecule has 0 saturated carbocycles. The molecule has 2 aromatic carbocycles. The molecule has 1 fully saturated rings. The molecule has 0 aromatic heterocycles. The van der Waals surface area contributed by atoms with Crippen molar-refractivity contribution < 1.29 is 4.79 Å². The van der Waals surface area contributed by atoms with Crippen molar-refractivity contribution in [2.24, 2.45) is 11.7 Å². The summed E-state index contributed by atoms with van der Waals surface area (Å²) in [5, 5.41) is 2.45. The van der Waals surface area contributed by atoms with Gasteiger partial charge in [-0.25, -0.2) is 0 Å². The van der Waals surface area contributed by atoms with Crippen molar-refractivity contribution in [1.82, 2.24) is 4.90 Å². The van der Waals surface area contributed by atoms with Crippen molar-refractivity contribution in [3.63, 3.8) is 0 Å². The summed E-state index contributed by atoms with van der Waals surface area (Å²) in [5.74, 6) is 0.529. The van der Waals surface area contributed by atoms with Crippen LogP contribution < -0.4 is 5.73 Å². The van der Waals surface area contributed by atoms with Crippen LogP contribution in [0.25, 0.3) is 10.8 Å². The van der Waals surface area contributed by atoms with Gasteiger partial charge in [0.25, 0.3) is 0 Å². The maximum absolute atomic E-state index is 12.2. The SMILES string of the molecule is C[C@H](c1cccc2ccccc12)N1CC(CN)CC1=O. The van der Waals surface area contributed by atoms with Crippen LogP contribution in [-0.4, -0.2) is 23.9 Å². The third kappa shape index (κ3) is 2.18. The van der Waals surface area contributed by atoms with Crippen molar-refractivity contribution in [2.45, 2.75) is 19.4 Å². The third-order valence-electron chi connectivity index (χ3n) is 4.31. The molecule has 0 spiro atoms. The van der Waals surface area contributed by atoms with Crippen LogP contribution in [0.5, 0.6) is 0 Å². The number of fused-ring (bicyclic) bond motifs is 1. The van der Waals surface area contributed by atoms with Gasteiger partial charge in [0.05, 0.1) is 6.04 Å². The van der Waals surface area contributed by atoms with Gasteiger partial charge in [0.15, 0.2) is 0 Å². The first-order valence-corrected chi connectivity index (χ1v) is 7.18. The van der Waals surface area contributed by atoms with Gasteiger partial charge in [-0.05, 0) is 35.7 Å². The van der Waals surface area contributed by atoms with Gasteiger partial charge in [0.2, 0.25) is 5.91 Å². The van der Waals surface area contributed by atoms with E-state index in [9.17, 15) is 4.79 Å². The van der Waals surface area contributed by atoms with Gasteiger partial charge in [-0.3, -0.25) is 4.79 Å². The second kappa shape index (κ2) is 5.25. The molecule has 104 valence electrons. The zero-order chi connectivity index (χ0) is 14.1. The quantitative estimate of drug-likeness (QED) is 0.930. The second-order valence-corrected chi connectivity index (χ2v) is 5.60. The molecule has 0 radical (unpaired) electrons. The van der Waals surface area contributed by atoms with Gasteiger partial charge in [0, 0.05) is 13.0 Å². The van der Waals surface area contributed by atoms with E-state index in [0.29, 0.717) is 18.9 Å². The Hall–Kier alpha value is -1.87. The first-order valence-electron chi connectivity index (χ1n) is 7.18. The lowest BCUT2D eigenvalue weighted by molar-refractivity contribution is -0.129. The van der Waals surface area contributed by atoms with E-state index in [1.807, 2.05) is 17.0 Å². The molecule has 2 aromatic rings. The van der Waals surface area contributed by atoms with Crippen LogP contribution in [0.1, 0.15) is 24.9 Å². The first-order chi connectivity index (χ1) is 9.70. The highest BCUT2D eigenvalue weighted by atomic mass is 16.2. The zero-order valence-corrected chi connectivity index (χ0v) is 11.8. The fraction of sp³-hybridized carbons (Fsp3) is 0.353. The minimum absolute atomic E-state index is 0.102. The average Bonchev–Trinajstić information content (AvgIpc) is 2.87. The Morgan fingerprint density at radius 3 is 2.75 bits per heavy atom. The lowest BCUT2D eigenvalue weighted by Gasteiger charge is -2.26. The summed E-state index contributed by atoms with van der Waals surface area (Å²) in [6.07, 6.45) is 0.589. The summed E-state index contributed by atoms with van der Waals surface area (Å²) in [6, 6.07) is 14.7. The Kier molecular flexibility index (Phi) is 3.45. The Morgan fingerprint density at radius 2 is 2.00 bits per heavy atom. The predicted molar refractivity (Wildman–Crippen MR) is 81.2 cm³/mol. The van der Waals surface area contributed by atoms with E-state index >= 15 is 0 Å². The molecular weight excluding hydrogens is 248 g/mol. The van der Waals surface area contributed by atoms with E-state index in [1.165, 1.54) is 16.3 Å². The largest absolute Gasteiger partial charge is 0.336 e. The molecule has 2 atom stereocenters. The number of amides is 1. The highest BCUT2D eigenvalue weighted by Gasteiger charge is 2.32. The van der Waals surface area contributed by atoms with Crippen LogP contribution in [0.2, 0.25) is 0 Å². The second-order valence-electron chi connectivity index (χ2n) is 5.60. The number of hydrogen-bond acceptors (Lipinski definition) is 2. The fourth-order valence-electron chi connectivity index (χ4n) is 3.12. The molecule has 3 nitrogen and oxygen atoms in total. The average molecular weight is 268 g/mol. The maximum atomic E-state index is 12.2. The molecule has 1 saturated heterocycles. The summed E-state index contributed by atoms with van der Waals surface area (Å²) in [6.45, 7) is 3.47. The van der Waals surface area contributed by atoms with Crippen LogP contribution in [-0.2, 0) is 4.79 Å². The molecule has 3 heteroatoms. The molecule has 1 aliphatic rings. The lowest BCUT2D eigenvalue weighted by atomic mass is 9.99. The monoisotopic (exact) mass is 268 g/mol. The van der Waals surface area contributed by atoms with E-state index < -0.39 is 0 Å². The normalized spacial score (nSPS) is 20.6. The van der Waals surface area contributed by atoms with Crippen LogP contribution in [0.15, 0.2) is 42.5 Å². The number of nitrogens with two attached hydrogens (primary N) is 1. The Labute approximate surface area is 119 Å². The predicted octanol–water partition coefficient (Wildman–Crippen LogP) is 2.71. The Morgan fingerprint density at radius 1 is 1.25 bits per heavy atom. The number of hydrogen-bond donors (Lipinski definition) is 1. The highest BCUT2D eigenvalue weighted by Crippen LogP contribution is 2.32. The maximum Gasteiger partial charge on any atom is 0.223 e. The van der Waals surface area contributed by atoms with Crippen LogP contribution in [0, 0.1) is 5.92 Å². The van der Waals surface area contributed by atoms with Gasteiger partial charge in [-0.15, -0.1) is 0 Å². The molecule has 20 heavy (non-hydrogen) atoms. The minimum Gasteiger partial charge on any atom is -0.336 e. The number of rotatable bonds is 3. The smallest absolute Gasteiger partial charge is 0.223 e. The van der Waals surface area contributed by atoms with E-state index in [0.717, 1.165) is 6.54 Å². The van der Waals surface area contributed by atoms with E-state index in [1.54, 1.807) is 0 Å². The number of likely N-dealkylation sites (tertiary alicyclic amines) is 1. The summed E-state index contributed by atoms with van der Waals surface area (Å²) < 4.78 is 0. The fourth-order valence-corrected chi connectivity index (χ4v) is 3.12. The minimum atomic E-state index is 0.102. The molecule has 1 heterocycles. The van der Waals surface area contributed by atoms with Crippen molar-refractivity contribution in [3.05, 3.63) is 48.0 Å². The summed E-state index contributed by atoms with van der Waals surface area (Å²) >= 11 is 0. The molecular formula is C17H20N2O. The van der Waals surface area contributed by atoms with Gasteiger partial charge in [-0.2, -0.15) is 0 Å². The van der Waals surface area contributed by atoms with E-state index in [-0.39, 0.29) is 11.9 Å². The molecule has 0 bridgehead atoms. The van der Waals surface area contributed by atoms with Crippen molar-refractivity contribution in [3.8, 4) is 0 Å². The van der Waals surface area contributed by atoms with Gasteiger partial charge < -0.3 is 10.6 Å². The molecule has 0 aliphatic carbocycles. The molecule has 1 aliphatic heterocycles. The third-order valence-corrected chi connectivity index (χ3v) is 4.31.